The molecule has 0 aromatic heterocycles. The Kier molecular flexibility index (Phi) is 5.68. The lowest BCUT2D eigenvalue weighted by molar-refractivity contribution is -0.384. The number of nitro benzene ring substituents is 1. The van der Waals surface area contributed by atoms with Gasteiger partial charge in [0.15, 0.2) is 23.0 Å². The van der Waals surface area contributed by atoms with Crippen LogP contribution in [-0.4, -0.2) is 37.4 Å². The van der Waals surface area contributed by atoms with E-state index in [2.05, 4.69) is 23.1 Å². The van der Waals surface area contributed by atoms with Gasteiger partial charge in [-0.15, -0.1) is 0 Å². The van der Waals surface area contributed by atoms with Gasteiger partial charge in [0, 0.05) is 42.7 Å². The highest BCUT2D eigenvalue weighted by atomic mass is 16.7. The lowest BCUT2D eigenvalue weighted by atomic mass is 9.74. The summed E-state index contributed by atoms with van der Waals surface area (Å²) in [7, 11) is 3.37. The monoisotopic (exact) mass is 488 g/mol. The number of hydrogen-bond donors (Lipinski definition) is 0. The summed E-state index contributed by atoms with van der Waals surface area (Å²) >= 11 is 0. The summed E-state index contributed by atoms with van der Waals surface area (Å²) in [6.45, 7) is 1.98. The quantitative estimate of drug-likeness (QED) is 0.350. The van der Waals surface area contributed by atoms with Gasteiger partial charge in [0.1, 0.15) is 0 Å². The summed E-state index contributed by atoms with van der Waals surface area (Å²) < 4.78 is 22.9. The Balaban J connectivity index is 1.41. The number of hydrogen-bond acceptors (Lipinski definition) is 7. The normalized spacial score (nSPS) is 19.7. The van der Waals surface area contributed by atoms with E-state index < -0.39 is 0 Å². The van der Waals surface area contributed by atoms with Crippen molar-refractivity contribution in [2.24, 2.45) is 0 Å². The van der Waals surface area contributed by atoms with Gasteiger partial charge in [0.25, 0.3) is 5.69 Å². The summed E-state index contributed by atoms with van der Waals surface area (Å²) in [6.07, 6.45) is 2.63. The molecule has 3 aromatic rings. The Morgan fingerprint density at radius 3 is 2.53 bits per heavy atom. The van der Waals surface area contributed by atoms with Gasteiger partial charge in [-0.1, -0.05) is 18.2 Å². The molecule has 3 aromatic carbocycles. The van der Waals surface area contributed by atoms with Gasteiger partial charge in [-0.25, -0.2) is 0 Å². The molecule has 0 N–H and O–H groups in total. The van der Waals surface area contributed by atoms with Gasteiger partial charge in [-0.2, -0.15) is 0 Å². The first kappa shape index (κ1) is 22.7. The van der Waals surface area contributed by atoms with Crippen molar-refractivity contribution < 1.29 is 23.9 Å². The fraction of sp³-hybridized carbons (Fsp3) is 0.357. The lowest BCUT2D eigenvalue weighted by Crippen LogP contribution is -2.42. The van der Waals surface area contributed by atoms with Gasteiger partial charge in [0.05, 0.1) is 19.1 Å². The minimum Gasteiger partial charge on any atom is -0.493 e. The fourth-order valence-electron chi connectivity index (χ4n) is 6.05. The predicted octanol–water partition coefficient (Wildman–Crippen LogP) is 5.17. The first-order valence-corrected chi connectivity index (χ1v) is 12.2. The zero-order chi connectivity index (χ0) is 24.8. The summed E-state index contributed by atoms with van der Waals surface area (Å²) in [6, 6.07) is 15.6. The van der Waals surface area contributed by atoms with Crippen LogP contribution in [0.2, 0.25) is 0 Å². The van der Waals surface area contributed by atoms with Gasteiger partial charge >= 0.3 is 0 Å². The molecule has 2 atom stereocenters. The Hall–Kier alpha value is -3.78. The molecule has 0 bridgehead atoms. The van der Waals surface area contributed by atoms with Crippen molar-refractivity contribution in [2.45, 2.75) is 37.8 Å². The van der Waals surface area contributed by atoms with Crippen molar-refractivity contribution in [1.82, 2.24) is 4.90 Å². The minimum atomic E-state index is -0.359. The summed E-state index contributed by atoms with van der Waals surface area (Å²) in [5.74, 6) is 3.37. The van der Waals surface area contributed by atoms with Crippen LogP contribution in [0.5, 0.6) is 23.0 Å². The molecule has 0 spiro atoms. The maximum atomic E-state index is 11.1. The van der Waals surface area contributed by atoms with Crippen LogP contribution in [-0.2, 0) is 19.4 Å². The standard InChI is InChI=1S/C28H28N2O6/c1-33-24-10-9-20-21(8-5-17-3-6-19(7-4-17)30(31)32)27-22-14-26-25(35-16-36-26)13-18(22)11-12-29(27)15-23(20)28(24)34-2/h3-4,6-7,9-10,13-14,21,27H,5,8,11-12,15-16H2,1-2H3. The van der Waals surface area contributed by atoms with Crippen LogP contribution in [0, 0.1) is 10.1 Å². The molecule has 0 fully saturated rings. The zero-order valence-corrected chi connectivity index (χ0v) is 20.4. The number of nitro groups is 1. The van der Waals surface area contributed by atoms with E-state index >= 15 is 0 Å². The number of non-ortho nitro benzene ring substituents is 1. The van der Waals surface area contributed by atoms with Crippen LogP contribution in [0.15, 0.2) is 48.5 Å². The maximum absolute atomic E-state index is 11.1. The Bertz CT molecular complexity index is 1320. The molecule has 8 nitrogen and oxygen atoms in total. The molecule has 6 rings (SSSR count). The van der Waals surface area contributed by atoms with Crippen LogP contribution in [0.4, 0.5) is 5.69 Å². The molecular weight excluding hydrogens is 460 g/mol. The van der Waals surface area contributed by atoms with Crippen molar-refractivity contribution in [3.05, 3.63) is 86.5 Å². The van der Waals surface area contributed by atoms with E-state index in [1.807, 2.05) is 18.2 Å². The summed E-state index contributed by atoms with van der Waals surface area (Å²) in [5, 5.41) is 11.1. The van der Waals surface area contributed by atoms with Crippen LogP contribution in [0.25, 0.3) is 0 Å². The van der Waals surface area contributed by atoms with Crippen molar-refractivity contribution >= 4 is 5.69 Å². The molecule has 0 aliphatic carbocycles. The first-order chi connectivity index (χ1) is 17.6. The van der Waals surface area contributed by atoms with Gasteiger partial charge in [0.2, 0.25) is 6.79 Å². The summed E-state index contributed by atoms with van der Waals surface area (Å²) in [4.78, 5) is 13.3. The molecule has 2 unspecified atom stereocenters. The Labute approximate surface area is 209 Å². The highest BCUT2D eigenvalue weighted by Gasteiger charge is 2.41. The van der Waals surface area contributed by atoms with Crippen molar-refractivity contribution in [3.63, 3.8) is 0 Å². The second kappa shape index (κ2) is 9.02. The van der Waals surface area contributed by atoms with E-state index in [4.69, 9.17) is 18.9 Å². The third kappa shape index (κ3) is 3.73. The molecule has 0 radical (unpaired) electrons. The van der Waals surface area contributed by atoms with Crippen molar-refractivity contribution in [2.75, 3.05) is 27.6 Å². The molecule has 3 heterocycles. The number of rotatable bonds is 6. The van der Waals surface area contributed by atoms with Crippen LogP contribution in [0.1, 0.15) is 46.2 Å². The lowest BCUT2D eigenvalue weighted by Gasteiger charge is -2.46. The summed E-state index contributed by atoms with van der Waals surface area (Å²) in [5.41, 5.74) is 6.24. The third-order valence-corrected chi connectivity index (χ3v) is 7.73. The highest BCUT2D eigenvalue weighted by Crippen LogP contribution is 2.53. The maximum Gasteiger partial charge on any atom is 0.269 e. The smallest absolute Gasteiger partial charge is 0.269 e. The number of methoxy groups -OCH3 is 2. The molecule has 3 aliphatic heterocycles. The second-order valence-electron chi connectivity index (χ2n) is 9.51. The van der Waals surface area contributed by atoms with Crippen LogP contribution >= 0.6 is 0 Å². The topological polar surface area (TPSA) is 83.3 Å². The van der Waals surface area contributed by atoms with Gasteiger partial charge < -0.3 is 18.9 Å². The van der Waals surface area contributed by atoms with Crippen LogP contribution in [0.3, 0.4) is 0 Å². The average molecular weight is 489 g/mol. The van der Waals surface area contributed by atoms with E-state index in [1.54, 1.807) is 26.4 Å². The largest absolute Gasteiger partial charge is 0.493 e. The fourth-order valence-corrected chi connectivity index (χ4v) is 6.05. The molecule has 8 heteroatoms. The number of nitrogens with zero attached hydrogens (tertiary/aromatic N) is 2. The number of aryl methyl sites for hydroxylation is 1. The average Bonchev–Trinajstić information content (AvgIpc) is 3.36. The molecule has 36 heavy (non-hydrogen) atoms. The number of fused-ring (bicyclic) bond motifs is 5. The van der Waals surface area contributed by atoms with E-state index in [9.17, 15) is 10.1 Å². The molecule has 0 saturated heterocycles. The van der Waals surface area contributed by atoms with Crippen molar-refractivity contribution in [1.29, 1.82) is 0 Å². The highest BCUT2D eigenvalue weighted by molar-refractivity contribution is 5.56. The number of benzene rings is 3. The Morgan fingerprint density at radius 1 is 1.03 bits per heavy atom. The molecule has 3 aliphatic rings. The second-order valence-corrected chi connectivity index (χ2v) is 9.51. The Morgan fingerprint density at radius 2 is 1.81 bits per heavy atom. The minimum absolute atomic E-state index is 0.113. The van der Waals surface area contributed by atoms with Gasteiger partial charge in [-0.3, -0.25) is 15.0 Å². The molecule has 186 valence electrons. The first-order valence-electron chi connectivity index (χ1n) is 12.2. The third-order valence-electron chi connectivity index (χ3n) is 7.73. The molecule has 0 saturated carbocycles. The van der Waals surface area contributed by atoms with E-state index in [0.717, 1.165) is 60.9 Å². The molecular formula is C28H28N2O6. The van der Waals surface area contributed by atoms with Crippen LogP contribution < -0.4 is 18.9 Å². The zero-order valence-electron chi connectivity index (χ0n) is 20.4. The van der Waals surface area contributed by atoms with Gasteiger partial charge in [-0.05, 0) is 59.7 Å². The predicted molar refractivity (Wildman–Crippen MR) is 133 cm³/mol. The van der Waals surface area contributed by atoms with E-state index in [0.29, 0.717) is 0 Å². The molecule has 0 amide bonds. The van der Waals surface area contributed by atoms with Crippen molar-refractivity contribution in [3.8, 4) is 23.0 Å². The SMILES string of the molecule is COc1ccc2c(c1OC)CN1CCc3cc4c(cc3C1C2CCc1ccc([N+](=O)[O-])cc1)OCO4. The van der Waals surface area contributed by atoms with E-state index in [1.165, 1.54) is 22.3 Å². The number of ether oxygens (including phenoxy) is 4. The van der Waals surface area contributed by atoms with E-state index in [-0.39, 0.29) is 29.4 Å².